The lowest BCUT2D eigenvalue weighted by atomic mass is 10.1. The van der Waals surface area contributed by atoms with Gasteiger partial charge in [0.15, 0.2) is 11.5 Å². The second-order valence-corrected chi connectivity index (χ2v) is 8.27. The first-order valence-electron chi connectivity index (χ1n) is 12.3. The van der Waals surface area contributed by atoms with Crippen molar-refractivity contribution in [2.24, 2.45) is 0 Å². The van der Waals surface area contributed by atoms with Gasteiger partial charge in [-0.2, -0.15) is 13.2 Å². The number of hydrogen-bond donors (Lipinski definition) is 2. The molecule has 9 nitrogen and oxygen atoms in total. The van der Waals surface area contributed by atoms with Crippen molar-refractivity contribution >= 4 is 34.0 Å². The van der Waals surface area contributed by atoms with Crippen LogP contribution in [0.4, 0.5) is 30.4 Å². The first-order valence-corrected chi connectivity index (χ1v) is 12.3. The lowest BCUT2D eigenvalue weighted by Crippen LogP contribution is -2.14. The van der Waals surface area contributed by atoms with Crippen molar-refractivity contribution < 1.29 is 36.9 Å². The van der Waals surface area contributed by atoms with E-state index in [0.29, 0.717) is 11.3 Å². The van der Waals surface area contributed by atoms with Gasteiger partial charge in [-0.3, -0.25) is 4.79 Å². The second-order valence-electron chi connectivity index (χ2n) is 8.27. The lowest BCUT2D eigenvalue weighted by Gasteiger charge is -2.19. The zero-order chi connectivity index (χ0) is 28.9. The van der Waals surface area contributed by atoms with E-state index in [1.807, 2.05) is 0 Å². The molecule has 210 valence electrons. The fourth-order valence-electron chi connectivity index (χ4n) is 3.89. The Labute approximate surface area is 228 Å². The van der Waals surface area contributed by atoms with Crippen molar-refractivity contribution in [3.8, 4) is 23.0 Å². The van der Waals surface area contributed by atoms with Gasteiger partial charge in [-0.25, -0.2) is 9.97 Å². The number of rotatable bonds is 10. The minimum absolute atomic E-state index is 0.0165. The largest absolute Gasteiger partial charge is 0.493 e. The molecule has 4 rings (SSSR count). The molecule has 0 bridgehead atoms. The summed E-state index contributed by atoms with van der Waals surface area (Å²) in [6.07, 6.45) is -4.82. The molecule has 0 aliphatic rings. The number of anilines is 3. The average Bonchev–Trinajstić information content (AvgIpc) is 2.94. The molecule has 0 unspecified atom stereocenters. The topological polar surface area (TPSA) is 104 Å². The zero-order valence-corrected chi connectivity index (χ0v) is 22.2. The normalized spacial score (nSPS) is 11.2. The highest BCUT2D eigenvalue weighted by Gasteiger charge is 2.36. The zero-order valence-electron chi connectivity index (χ0n) is 22.2. The highest BCUT2D eigenvalue weighted by Crippen LogP contribution is 2.41. The van der Waals surface area contributed by atoms with Crippen molar-refractivity contribution in [1.29, 1.82) is 0 Å². The van der Waals surface area contributed by atoms with Gasteiger partial charge in [0.2, 0.25) is 5.82 Å². The number of halogens is 3. The standard InChI is InChI=1S/C28H27F3N4O5/c1-5-39-21-15-20(33-26(36)16-10-8-7-9-11-16)22(40-6-2)14-19(21)32-25-17-12-23(37-3)24(38-4)13-18(17)34-27(35-25)28(29,30)31/h7-15H,5-6H2,1-4H3,(H,33,36)(H,32,34,35). The minimum atomic E-state index is -4.82. The molecule has 0 atom stereocenters. The highest BCUT2D eigenvalue weighted by molar-refractivity contribution is 6.05. The second kappa shape index (κ2) is 12.0. The number of amides is 1. The van der Waals surface area contributed by atoms with Crippen LogP contribution in [0.3, 0.4) is 0 Å². The third-order valence-electron chi connectivity index (χ3n) is 5.67. The Bertz CT molecular complexity index is 1510. The Morgan fingerprint density at radius 3 is 2.02 bits per heavy atom. The van der Waals surface area contributed by atoms with E-state index in [1.54, 1.807) is 44.2 Å². The predicted octanol–water partition coefficient (Wildman–Crippen LogP) is 6.46. The highest BCUT2D eigenvalue weighted by atomic mass is 19.4. The number of carbonyl (C=O) groups excluding carboxylic acids is 1. The number of ether oxygens (including phenoxy) is 4. The van der Waals surface area contributed by atoms with Gasteiger partial charge in [0.05, 0.1) is 44.3 Å². The third-order valence-corrected chi connectivity index (χ3v) is 5.67. The van der Waals surface area contributed by atoms with Gasteiger partial charge in [-0.1, -0.05) is 18.2 Å². The smallest absolute Gasteiger partial charge is 0.451 e. The summed E-state index contributed by atoms with van der Waals surface area (Å²) in [7, 11) is 2.78. The number of fused-ring (bicyclic) bond motifs is 1. The number of methoxy groups -OCH3 is 2. The van der Waals surface area contributed by atoms with Crippen LogP contribution < -0.4 is 29.6 Å². The summed E-state index contributed by atoms with van der Waals surface area (Å²) in [6, 6.07) is 14.5. The maximum atomic E-state index is 13.7. The van der Waals surface area contributed by atoms with Gasteiger partial charge in [0.1, 0.15) is 17.3 Å². The molecule has 0 aliphatic heterocycles. The summed E-state index contributed by atoms with van der Waals surface area (Å²) in [5.74, 6) is -0.864. The number of aromatic nitrogens is 2. The van der Waals surface area contributed by atoms with E-state index in [1.165, 1.54) is 38.5 Å². The first-order chi connectivity index (χ1) is 19.2. The molecule has 4 aromatic rings. The van der Waals surface area contributed by atoms with Crippen LogP contribution in [0.1, 0.15) is 30.0 Å². The minimum Gasteiger partial charge on any atom is -0.493 e. The molecule has 1 heterocycles. The lowest BCUT2D eigenvalue weighted by molar-refractivity contribution is -0.144. The van der Waals surface area contributed by atoms with Crippen LogP contribution in [0.2, 0.25) is 0 Å². The number of benzene rings is 3. The summed E-state index contributed by atoms with van der Waals surface area (Å²) < 4.78 is 63.4. The van der Waals surface area contributed by atoms with Gasteiger partial charge in [0, 0.05) is 29.1 Å². The van der Waals surface area contributed by atoms with Crippen molar-refractivity contribution in [2.45, 2.75) is 20.0 Å². The first kappa shape index (κ1) is 28.3. The molecule has 40 heavy (non-hydrogen) atoms. The molecule has 0 saturated carbocycles. The van der Waals surface area contributed by atoms with Crippen molar-refractivity contribution in [1.82, 2.24) is 9.97 Å². The fraction of sp³-hybridized carbons (Fsp3) is 0.250. The number of nitrogens with one attached hydrogen (secondary N) is 2. The van der Waals surface area contributed by atoms with E-state index in [0.717, 1.165) is 0 Å². The van der Waals surface area contributed by atoms with E-state index in [2.05, 4.69) is 20.6 Å². The van der Waals surface area contributed by atoms with Gasteiger partial charge < -0.3 is 29.6 Å². The maximum absolute atomic E-state index is 13.7. The summed E-state index contributed by atoms with van der Waals surface area (Å²) in [5, 5.41) is 6.00. The van der Waals surface area contributed by atoms with Gasteiger partial charge in [-0.05, 0) is 32.0 Å². The molecule has 0 aliphatic carbocycles. The number of alkyl halides is 3. The third kappa shape index (κ3) is 6.11. The van der Waals surface area contributed by atoms with E-state index in [-0.39, 0.29) is 64.5 Å². The molecule has 12 heteroatoms. The molecule has 3 aromatic carbocycles. The van der Waals surface area contributed by atoms with E-state index >= 15 is 0 Å². The van der Waals surface area contributed by atoms with E-state index in [9.17, 15) is 18.0 Å². The molecule has 0 spiro atoms. The fourth-order valence-corrected chi connectivity index (χ4v) is 3.89. The quantitative estimate of drug-likeness (QED) is 0.229. The molecule has 0 fully saturated rings. The monoisotopic (exact) mass is 556 g/mol. The Kier molecular flexibility index (Phi) is 8.46. The van der Waals surface area contributed by atoms with Crippen molar-refractivity contribution in [2.75, 3.05) is 38.1 Å². The summed E-state index contributed by atoms with van der Waals surface area (Å²) >= 11 is 0. The van der Waals surface area contributed by atoms with Crippen LogP contribution in [0.15, 0.2) is 54.6 Å². The Balaban J connectivity index is 1.84. The Morgan fingerprint density at radius 1 is 0.825 bits per heavy atom. The summed E-state index contributed by atoms with van der Waals surface area (Å²) in [5.41, 5.74) is 0.990. The summed E-state index contributed by atoms with van der Waals surface area (Å²) in [6.45, 7) is 4.01. The van der Waals surface area contributed by atoms with E-state index < -0.39 is 12.0 Å². The SMILES string of the molecule is CCOc1cc(Nc2nc(C(F)(F)F)nc3cc(OC)c(OC)cc23)c(OCC)cc1NC(=O)c1ccccc1. The van der Waals surface area contributed by atoms with Crippen LogP contribution in [0, 0.1) is 0 Å². The molecule has 0 saturated heterocycles. The molecule has 1 amide bonds. The number of hydrogen-bond acceptors (Lipinski definition) is 8. The predicted molar refractivity (Wildman–Crippen MR) is 144 cm³/mol. The molecule has 1 aromatic heterocycles. The molecular formula is C28H27F3N4O5. The van der Waals surface area contributed by atoms with Crippen LogP contribution in [0.25, 0.3) is 10.9 Å². The maximum Gasteiger partial charge on any atom is 0.451 e. The van der Waals surface area contributed by atoms with Crippen molar-refractivity contribution in [3.63, 3.8) is 0 Å². The van der Waals surface area contributed by atoms with Crippen LogP contribution >= 0.6 is 0 Å². The Hall–Kier alpha value is -4.74. The van der Waals surface area contributed by atoms with Crippen LogP contribution in [0.5, 0.6) is 23.0 Å². The van der Waals surface area contributed by atoms with E-state index in [4.69, 9.17) is 18.9 Å². The van der Waals surface area contributed by atoms with Crippen molar-refractivity contribution in [3.05, 3.63) is 66.0 Å². The van der Waals surface area contributed by atoms with Gasteiger partial charge in [-0.15, -0.1) is 0 Å². The molecule has 2 N–H and O–H groups in total. The van der Waals surface area contributed by atoms with Gasteiger partial charge in [0.25, 0.3) is 5.91 Å². The molecular weight excluding hydrogens is 529 g/mol. The van der Waals surface area contributed by atoms with Crippen LogP contribution in [-0.2, 0) is 6.18 Å². The van der Waals surface area contributed by atoms with Crippen LogP contribution in [-0.4, -0.2) is 43.3 Å². The summed E-state index contributed by atoms with van der Waals surface area (Å²) in [4.78, 5) is 20.3. The Morgan fingerprint density at radius 2 is 1.43 bits per heavy atom. The number of nitrogens with zero attached hydrogens (tertiary/aromatic N) is 2. The molecule has 0 radical (unpaired) electrons. The number of carbonyl (C=O) groups is 1. The van der Waals surface area contributed by atoms with Gasteiger partial charge >= 0.3 is 6.18 Å². The average molecular weight is 557 g/mol.